The fourth-order valence-electron chi connectivity index (χ4n) is 2.13. The van der Waals surface area contributed by atoms with E-state index in [0.29, 0.717) is 18.6 Å². The molecule has 0 N–H and O–H groups in total. The predicted molar refractivity (Wildman–Crippen MR) is 63.6 cm³/mol. The summed E-state index contributed by atoms with van der Waals surface area (Å²) in [5.41, 5.74) is 2.14. The molecule has 0 saturated heterocycles. The first-order chi connectivity index (χ1) is 7.74. The summed E-state index contributed by atoms with van der Waals surface area (Å²) in [6.07, 6.45) is 9.21. The summed E-state index contributed by atoms with van der Waals surface area (Å²) in [4.78, 5) is 0. The van der Waals surface area contributed by atoms with Gasteiger partial charge in [-0.15, -0.1) is 0 Å². The van der Waals surface area contributed by atoms with Crippen molar-refractivity contribution in [2.24, 2.45) is 0 Å². The Morgan fingerprint density at radius 1 is 1.19 bits per heavy atom. The Labute approximate surface area is 97.9 Å². The number of allylic oxidation sites excluding steroid dienone is 3. The lowest BCUT2D eigenvalue weighted by molar-refractivity contribution is 0.525. The molecule has 0 fully saturated rings. The maximum atomic E-state index is 13.1. The zero-order chi connectivity index (χ0) is 11.1. The van der Waals surface area contributed by atoms with Crippen LogP contribution in [0.15, 0.2) is 21.4 Å². The molecule has 0 radical (unpaired) electrons. The van der Waals surface area contributed by atoms with Crippen molar-refractivity contribution in [2.45, 2.75) is 19.3 Å². The zero-order valence-corrected chi connectivity index (χ0v) is 9.35. The number of rotatable bonds is 0. The summed E-state index contributed by atoms with van der Waals surface area (Å²) >= 11 is 6.00. The molecule has 0 aliphatic heterocycles. The Morgan fingerprint density at radius 2 is 2.06 bits per heavy atom. The summed E-state index contributed by atoms with van der Waals surface area (Å²) < 4.78 is 18.7. The normalized spacial score (nSPS) is 18.4. The van der Waals surface area contributed by atoms with E-state index in [0.717, 1.165) is 28.3 Å². The molecule has 0 aromatic carbocycles. The van der Waals surface area contributed by atoms with E-state index >= 15 is 0 Å². The molecular weight excluding hydrogens is 227 g/mol. The van der Waals surface area contributed by atoms with Crippen LogP contribution in [0.1, 0.15) is 35.5 Å². The van der Waals surface area contributed by atoms with Gasteiger partial charge >= 0.3 is 0 Å². The second-order valence-electron chi connectivity index (χ2n) is 4.01. The van der Waals surface area contributed by atoms with Gasteiger partial charge in [-0.2, -0.15) is 0 Å². The van der Waals surface area contributed by atoms with Gasteiger partial charge in [0.1, 0.15) is 17.3 Å². The van der Waals surface area contributed by atoms with Crippen molar-refractivity contribution in [3.8, 4) is 0 Å². The van der Waals surface area contributed by atoms with Gasteiger partial charge in [0.2, 0.25) is 0 Å². The average Bonchev–Trinajstić information content (AvgIpc) is 2.44. The highest BCUT2D eigenvalue weighted by Crippen LogP contribution is 2.35. The van der Waals surface area contributed by atoms with Crippen molar-refractivity contribution >= 4 is 29.8 Å². The van der Waals surface area contributed by atoms with Crippen LogP contribution in [0.2, 0.25) is 0 Å². The fraction of sp³-hybridized carbons (Fsp3) is 0.231. The number of furan rings is 1. The van der Waals surface area contributed by atoms with Crippen molar-refractivity contribution in [2.75, 3.05) is 0 Å². The highest BCUT2D eigenvalue weighted by molar-refractivity contribution is 6.31. The highest BCUT2D eigenvalue weighted by atomic mass is 35.5. The van der Waals surface area contributed by atoms with Gasteiger partial charge in [-0.05, 0) is 12.5 Å². The van der Waals surface area contributed by atoms with Crippen LogP contribution in [0.25, 0.3) is 18.2 Å². The molecule has 0 spiro atoms. The van der Waals surface area contributed by atoms with Gasteiger partial charge in [0.05, 0.1) is 0 Å². The second kappa shape index (κ2) is 3.63. The van der Waals surface area contributed by atoms with Gasteiger partial charge in [-0.3, -0.25) is 0 Å². The number of fused-ring (bicyclic) bond motifs is 3. The molecule has 0 bridgehead atoms. The van der Waals surface area contributed by atoms with E-state index in [1.165, 1.54) is 6.08 Å². The molecule has 16 heavy (non-hydrogen) atoms. The minimum atomic E-state index is -0.115. The third kappa shape index (κ3) is 1.54. The molecule has 0 unspecified atom stereocenters. The summed E-state index contributed by atoms with van der Waals surface area (Å²) in [5.74, 6) is 1.27. The molecular formula is C13H10ClFO. The molecule has 3 rings (SSSR count). The summed E-state index contributed by atoms with van der Waals surface area (Å²) in [6, 6.07) is 0. The van der Waals surface area contributed by atoms with Crippen LogP contribution in [0.5, 0.6) is 0 Å². The Hall–Kier alpha value is -1.28. The van der Waals surface area contributed by atoms with E-state index < -0.39 is 0 Å². The maximum Gasteiger partial charge on any atom is 0.136 e. The minimum Gasteiger partial charge on any atom is -0.456 e. The Morgan fingerprint density at radius 3 is 2.94 bits per heavy atom. The van der Waals surface area contributed by atoms with Gasteiger partial charge < -0.3 is 4.42 Å². The van der Waals surface area contributed by atoms with Gasteiger partial charge in [0, 0.05) is 35.1 Å². The predicted octanol–water partition coefficient (Wildman–Crippen LogP) is 4.53. The third-order valence-corrected chi connectivity index (χ3v) is 3.16. The number of hydrogen-bond acceptors (Lipinski definition) is 1. The molecule has 1 aromatic heterocycles. The van der Waals surface area contributed by atoms with Gasteiger partial charge in [-0.1, -0.05) is 23.8 Å². The summed E-state index contributed by atoms with van der Waals surface area (Å²) in [6.45, 7) is 0. The second-order valence-corrected chi connectivity index (χ2v) is 4.50. The van der Waals surface area contributed by atoms with Gasteiger partial charge in [-0.25, -0.2) is 4.39 Å². The molecule has 2 aliphatic carbocycles. The van der Waals surface area contributed by atoms with Crippen LogP contribution < -0.4 is 0 Å². The van der Waals surface area contributed by atoms with E-state index in [-0.39, 0.29) is 5.83 Å². The topological polar surface area (TPSA) is 13.1 Å². The number of hydrogen-bond donors (Lipinski definition) is 0. The minimum absolute atomic E-state index is 0.115. The standard InChI is InChI=1S/C13H10ClFO/c14-8-2-1-3-10-11-5-4-9(15)7-13(11)16-12(10)6-8/h1,3,6-7H,2,4-5H2. The first kappa shape index (κ1) is 9.91. The van der Waals surface area contributed by atoms with Crippen molar-refractivity contribution < 1.29 is 8.81 Å². The van der Waals surface area contributed by atoms with Crippen LogP contribution in [0.4, 0.5) is 4.39 Å². The fourth-order valence-corrected chi connectivity index (χ4v) is 2.32. The molecule has 0 saturated carbocycles. The van der Waals surface area contributed by atoms with Crippen LogP contribution in [-0.4, -0.2) is 0 Å². The molecule has 1 heterocycles. The van der Waals surface area contributed by atoms with Crippen LogP contribution >= 0.6 is 11.6 Å². The highest BCUT2D eigenvalue weighted by Gasteiger charge is 2.21. The third-order valence-electron chi connectivity index (χ3n) is 2.89. The van der Waals surface area contributed by atoms with Crippen molar-refractivity contribution in [1.29, 1.82) is 0 Å². The van der Waals surface area contributed by atoms with E-state index in [4.69, 9.17) is 16.0 Å². The maximum absolute atomic E-state index is 13.1. The summed E-state index contributed by atoms with van der Waals surface area (Å²) in [7, 11) is 0. The Bertz CT molecular complexity index is 534. The monoisotopic (exact) mass is 236 g/mol. The van der Waals surface area contributed by atoms with E-state index in [1.807, 2.05) is 18.2 Å². The number of halogens is 2. The lowest BCUT2D eigenvalue weighted by Crippen LogP contribution is -1.94. The molecule has 0 atom stereocenters. The van der Waals surface area contributed by atoms with E-state index in [9.17, 15) is 4.39 Å². The molecule has 1 aromatic rings. The lowest BCUT2D eigenvalue weighted by Gasteiger charge is -2.05. The molecule has 82 valence electrons. The van der Waals surface area contributed by atoms with Crippen molar-refractivity contribution in [3.05, 3.63) is 39.6 Å². The SMILES string of the molecule is FC1=Cc2oc3c(c2CC1)C=CCC(Cl)=C3. The van der Waals surface area contributed by atoms with Crippen molar-refractivity contribution in [3.63, 3.8) is 0 Å². The van der Waals surface area contributed by atoms with Gasteiger partial charge in [0.15, 0.2) is 0 Å². The summed E-state index contributed by atoms with van der Waals surface area (Å²) in [5, 5.41) is 0.741. The molecule has 0 amide bonds. The molecule has 2 aliphatic rings. The van der Waals surface area contributed by atoms with Crippen molar-refractivity contribution in [1.82, 2.24) is 0 Å². The molecule has 1 nitrogen and oxygen atoms in total. The van der Waals surface area contributed by atoms with E-state index in [2.05, 4.69) is 0 Å². The Kier molecular flexibility index (Phi) is 2.25. The van der Waals surface area contributed by atoms with Gasteiger partial charge in [0.25, 0.3) is 0 Å². The molecule has 3 heteroatoms. The van der Waals surface area contributed by atoms with Crippen LogP contribution in [0.3, 0.4) is 0 Å². The zero-order valence-electron chi connectivity index (χ0n) is 8.59. The Balaban J connectivity index is 2.20. The van der Waals surface area contributed by atoms with Crippen LogP contribution in [0, 0.1) is 0 Å². The smallest absolute Gasteiger partial charge is 0.136 e. The lowest BCUT2D eigenvalue weighted by atomic mass is 9.98. The quantitative estimate of drug-likeness (QED) is 0.645. The van der Waals surface area contributed by atoms with Crippen LogP contribution in [-0.2, 0) is 6.42 Å². The first-order valence-electron chi connectivity index (χ1n) is 5.28. The average molecular weight is 237 g/mol. The first-order valence-corrected chi connectivity index (χ1v) is 5.66. The largest absolute Gasteiger partial charge is 0.456 e. The van der Waals surface area contributed by atoms with E-state index in [1.54, 1.807) is 0 Å².